The van der Waals surface area contributed by atoms with Gasteiger partial charge in [-0.25, -0.2) is 14.8 Å². The van der Waals surface area contributed by atoms with Gasteiger partial charge in [-0.15, -0.1) is 0 Å². The molecule has 2 aliphatic heterocycles. The third-order valence-electron chi connectivity index (χ3n) is 3.76. The lowest BCUT2D eigenvalue weighted by Gasteiger charge is -2.15. The fourth-order valence-corrected chi connectivity index (χ4v) is 2.70. The van der Waals surface area contributed by atoms with Gasteiger partial charge in [-0.2, -0.15) is 0 Å². The molecule has 136 valence electrons. The number of aliphatic hydroxyl groups excluding tert-OH is 1. The first-order valence-electron chi connectivity index (χ1n) is 7.57. The number of rotatable bonds is 3. The number of nitrogens with one attached hydrogen (secondary N) is 3. The van der Waals surface area contributed by atoms with E-state index in [2.05, 4.69) is 25.9 Å². The number of anilines is 1. The van der Waals surface area contributed by atoms with E-state index in [0.717, 1.165) is 0 Å². The minimum Gasteiger partial charge on any atom is -0.465 e. The number of aldehydes is 1. The van der Waals surface area contributed by atoms with Crippen molar-refractivity contribution in [3.8, 4) is 0 Å². The highest BCUT2D eigenvalue weighted by molar-refractivity contribution is 6.30. The molecule has 0 aliphatic carbocycles. The Hall–Kier alpha value is -2.30. The molecule has 11 heteroatoms. The molecular weight excluding hydrogens is 354 g/mol. The molecule has 0 aromatic carbocycles. The van der Waals surface area contributed by atoms with Crippen LogP contribution in [0.25, 0.3) is 0 Å². The molecule has 2 aliphatic rings. The third-order valence-corrected chi connectivity index (χ3v) is 4.07. The Bertz CT molecular complexity index is 671. The number of carbonyl (C=O) groups is 3. The first-order chi connectivity index (χ1) is 11.9. The molecule has 0 saturated carbocycles. The molecule has 2 amide bonds. The summed E-state index contributed by atoms with van der Waals surface area (Å²) < 4.78 is 0. The van der Waals surface area contributed by atoms with Gasteiger partial charge < -0.3 is 26.2 Å². The van der Waals surface area contributed by atoms with E-state index >= 15 is 0 Å². The van der Waals surface area contributed by atoms with Gasteiger partial charge in [0.05, 0.1) is 6.10 Å². The molecule has 1 aromatic heterocycles. The molecule has 0 radical (unpaired) electrons. The normalized spacial score (nSPS) is 21.4. The van der Waals surface area contributed by atoms with Crippen LogP contribution in [0.15, 0.2) is 0 Å². The quantitative estimate of drug-likeness (QED) is 0.357. The number of carboxylic acid groups (broad SMARTS) is 1. The zero-order chi connectivity index (χ0) is 18.4. The Morgan fingerprint density at radius 1 is 1.36 bits per heavy atom. The molecule has 1 fully saturated rings. The molecule has 1 aromatic rings. The molecule has 3 rings (SSSR count). The molecule has 10 nitrogen and oxygen atoms in total. The van der Waals surface area contributed by atoms with Crippen LogP contribution in [0.2, 0.25) is 5.15 Å². The van der Waals surface area contributed by atoms with E-state index in [1.807, 2.05) is 0 Å². The highest BCUT2D eigenvalue weighted by Crippen LogP contribution is 2.25. The van der Waals surface area contributed by atoms with Crippen LogP contribution in [0.3, 0.4) is 0 Å². The fraction of sp³-hybridized carbons (Fsp3) is 0.500. The molecule has 2 atom stereocenters. The fourth-order valence-electron chi connectivity index (χ4n) is 2.43. The zero-order valence-corrected chi connectivity index (χ0v) is 13.9. The maximum atomic E-state index is 11.0. The van der Waals surface area contributed by atoms with Crippen LogP contribution in [0.4, 0.5) is 10.6 Å². The molecule has 5 N–H and O–H groups in total. The van der Waals surface area contributed by atoms with Crippen LogP contribution in [-0.4, -0.2) is 64.2 Å². The van der Waals surface area contributed by atoms with E-state index in [1.165, 1.54) is 0 Å². The number of fused-ring (bicyclic) bond motifs is 1. The van der Waals surface area contributed by atoms with Crippen molar-refractivity contribution in [3.63, 3.8) is 0 Å². The van der Waals surface area contributed by atoms with Crippen molar-refractivity contribution in [2.24, 2.45) is 5.92 Å². The van der Waals surface area contributed by atoms with E-state index in [1.54, 1.807) is 0 Å². The number of hydrogen-bond donors (Lipinski definition) is 5. The molecule has 25 heavy (non-hydrogen) atoms. The Labute approximate surface area is 148 Å². The molecule has 0 spiro atoms. The lowest BCUT2D eigenvalue weighted by atomic mass is 10.1. The zero-order valence-electron chi connectivity index (χ0n) is 13.2. The van der Waals surface area contributed by atoms with Crippen LogP contribution in [0, 0.1) is 5.92 Å². The second-order valence-electron chi connectivity index (χ2n) is 5.54. The third kappa shape index (κ3) is 5.34. The average molecular weight is 372 g/mol. The highest BCUT2D eigenvalue weighted by atomic mass is 35.5. The van der Waals surface area contributed by atoms with Gasteiger partial charge in [-0.3, -0.25) is 9.59 Å². The second kappa shape index (κ2) is 8.70. The van der Waals surface area contributed by atoms with Gasteiger partial charge in [0, 0.05) is 37.5 Å². The summed E-state index contributed by atoms with van der Waals surface area (Å²) in [4.78, 5) is 39.1. The molecule has 3 heterocycles. The van der Waals surface area contributed by atoms with E-state index in [9.17, 15) is 19.5 Å². The van der Waals surface area contributed by atoms with Crippen LogP contribution in [0.5, 0.6) is 0 Å². The smallest absolute Gasteiger partial charge is 0.404 e. The Balaban J connectivity index is 0.000000186. The first-order valence-corrected chi connectivity index (χ1v) is 7.95. The summed E-state index contributed by atoms with van der Waals surface area (Å²) >= 11 is 5.81. The number of aliphatic hydroxyl groups is 1. The summed E-state index contributed by atoms with van der Waals surface area (Å²) in [5.74, 6) is 0.231. The first kappa shape index (κ1) is 19.0. The maximum Gasteiger partial charge on any atom is 0.404 e. The summed E-state index contributed by atoms with van der Waals surface area (Å²) in [6.07, 6.45) is -0.0753. The van der Waals surface area contributed by atoms with Gasteiger partial charge in [0.1, 0.15) is 11.0 Å². The van der Waals surface area contributed by atoms with Crippen molar-refractivity contribution in [2.45, 2.75) is 18.9 Å². The number of aromatic nitrogens is 2. The van der Waals surface area contributed by atoms with Crippen LogP contribution in [-0.2, 0) is 11.2 Å². The highest BCUT2D eigenvalue weighted by Gasteiger charge is 2.24. The lowest BCUT2D eigenvalue weighted by Crippen LogP contribution is -2.33. The van der Waals surface area contributed by atoms with E-state index in [4.69, 9.17) is 16.7 Å². The molecular formula is C14H18ClN5O5. The number of nitrogens with zero attached hydrogens (tertiary/aromatic N) is 2. The van der Waals surface area contributed by atoms with Gasteiger partial charge in [0.15, 0.2) is 12.1 Å². The van der Waals surface area contributed by atoms with Crippen molar-refractivity contribution in [2.75, 3.05) is 25.0 Å². The largest absolute Gasteiger partial charge is 0.465 e. The topological polar surface area (TPSA) is 154 Å². The van der Waals surface area contributed by atoms with Gasteiger partial charge in [0.25, 0.3) is 0 Å². The van der Waals surface area contributed by atoms with Crippen molar-refractivity contribution in [1.82, 2.24) is 20.6 Å². The summed E-state index contributed by atoms with van der Waals surface area (Å²) in [6, 6.07) is 0. The minimum atomic E-state index is -1.04. The van der Waals surface area contributed by atoms with Gasteiger partial charge in [0.2, 0.25) is 5.91 Å². The Morgan fingerprint density at radius 3 is 2.72 bits per heavy atom. The van der Waals surface area contributed by atoms with Crippen LogP contribution >= 0.6 is 11.6 Å². The van der Waals surface area contributed by atoms with Gasteiger partial charge in [-0.05, 0) is 6.42 Å². The SMILES string of the molecule is O=C(O)NC[C@H]1CNC[C@H]1O.O=Cc1nc(Cl)c2c(n1)NC(=O)CC2. The van der Waals surface area contributed by atoms with Gasteiger partial charge >= 0.3 is 6.09 Å². The van der Waals surface area contributed by atoms with Crippen molar-refractivity contribution < 1.29 is 24.6 Å². The lowest BCUT2D eigenvalue weighted by molar-refractivity contribution is -0.116. The Kier molecular flexibility index (Phi) is 6.62. The molecule has 0 bridgehead atoms. The van der Waals surface area contributed by atoms with Crippen molar-refractivity contribution >= 4 is 35.7 Å². The van der Waals surface area contributed by atoms with Crippen LogP contribution < -0.4 is 16.0 Å². The average Bonchev–Trinajstić information content (AvgIpc) is 2.98. The molecule has 1 saturated heterocycles. The minimum absolute atomic E-state index is 0.0176. The maximum absolute atomic E-state index is 11.0. The Morgan fingerprint density at radius 2 is 2.12 bits per heavy atom. The van der Waals surface area contributed by atoms with E-state index in [0.29, 0.717) is 50.1 Å². The number of carbonyl (C=O) groups excluding carboxylic acids is 2. The molecule has 0 unspecified atom stereocenters. The summed E-state index contributed by atoms with van der Waals surface area (Å²) in [6.45, 7) is 1.57. The number of hydrogen-bond acceptors (Lipinski definition) is 7. The number of β-amino-alcohol motifs (C(OH)–C–C–N with tert-alkyl or cyclic N) is 1. The van der Waals surface area contributed by atoms with Gasteiger partial charge in [-0.1, -0.05) is 11.6 Å². The summed E-state index contributed by atoms with van der Waals surface area (Å²) in [5.41, 5.74) is 0.692. The van der Waals surface area contributed by atoms with Crippen LogP contribution in [0.1, 0.15) is 22.6 Å². The second-order valence-corrected chi connectivity index (χ2v) is 5.90. The van der Waals surface area contributed by atoms with Crippen molar-refractivity contribution in [3.05, 3.63) is 16.5 Å². The van der Waals surface area contributed by atoms with E-state index in [-0.39, 0.29) is 22.8 Å². The van der Waals surface area contributed by atoms with Crippen molar-refractivity contribution in [1.29, 1.82) is 0 Å². The number of halogens is 1. The van der Waals surface area contributed by atoms with E-state index < -0.39 is 12.2 Å². The summed E-state index contributed by atoms with van der Waals surface area (Å²) in [5, 5.41) is 25.4. The summed E-state index contributed by atoms with van der Waals surface area (Å²) in [7, 11) is 0. The monoisotopic (exact) mass is 371 g/mol. The standard InChI is InChI=1S/C8H6ClN3O2.C6H12N2O3/c9-7-4-1-2-6(14)12-8(4)11-5(3-13)10-7;9-5-3-7-1-4(5)2-8-6(10)11/h3H,1-2H2,(H,10,11,12,14);4-5,7-9H,1-3H2,(H,10,11)/t;4-,5-/m.1/s1. The predicted octanol–water partition coefficient (Wildman–Crippen LogP) is -0.339. The number of amides is 2. The predicted molar refractivity (Wildman–Crippen MR) is 87.8 cm³/mol.